The number of unbranched alkanes of at least 4 members (excludes halogenated alkanes) is 3. The van der Waals surface area contributed by atoms with Gasteiger partial charge in [0, 0.05) is 18.7 Å². The van der Waals surface area contributed by atoms with E-state index in [0.717, 1.165) is 18.5 Å². The topological polar surface area (TPSA) is 23.5 Å². The van der Waals surface area contributed by atoms with Crippen LogP contribution < -0.4 is 0 Å². The van der Waals surface area contributed by atoms with Gasteiger partial charge in [-0.2, -0.15) is 0 Å². The van der Waals surface area contributed by atoms with E-state index in [1.807, 2.05) is 0 Å². The molecule has 0 amide bonds. The van der Waals surface area contributed by atoms with Gasteiger partial charge in [0.05, 0.1) is 0 Å². The zero-order valence-electron chi connectivity index (χ0n) is 13.4. The standard InChI is InChI=1S/C18H35NO/c20-16-10-2-1-9-15-19(17-11-5-3-6-12-17)18-13-7-4-8-14-18/h17-18,20H,1-16H2. The molecule has 0 atom stereocenters. The molecule has 0 unspecified atom stereocenters. The zero-order chi connectivity index (χ0) is 14.0. The molecule has 0 aromatic heterocycles. The fourth-order valence-corrected chi connectivity index (χ4v) is 4.25. The number of rotatable bonds is 8. The van der Waals surface area contributed by atoms with Crippen LogP contribution in [0.5, 0.6) is 0 Å². The minimum absolute atomic E-state index is 0.370. The van der Waals surface area contributed by atoms with Crippen LogP contribution in [0.25, 0.3) is 0 Å². The van der Waals surface area contributed by atoms with Gasteiger partial charge in [0.25, 0.3) is 0 Å². The number of aliphatic hydroxyl groups is 1. The first kappa shape index (κ1) is 16.3. The smallest absolute Gasteiger partial charge is 0.0431 e. The monoisotopic (exact) mass is 281 g/mol. The Hall–Kier alpha value is -0.0800. The van der Waals surface area contributed by atoms with Crippen LogP contribution in [0.2, 0.25) is 0 Å². The third-order valence-electron chi connectivity index (χ3n) is 5.41. The molecule has 0 bridgehead atoms. The molecule has 2 rings (SSSR count). The molecule has 2 aliphatic rings. The van der Waals surface area contributed by atoms with Crippen LogP contribution in [0.1, 0.15) is 89.9 Å². The SMILES string of the molecule is OCCCCCCN(C1CCCCC1)C1CCCCC1. The summed E-state index contributed by atoms with van der Waals surface area (Å²) in [4.78, 5) is 2.91. The van der Waals surface area contributed by atoms with Crippen molar-refractivity contribution < 1.29 is 5.11 Å². The van der Waals surface area contributed by atoms with E-state index in [1.54, 1.807) is 0 Å². The van der Waals surface area contributed by atoms with E-state index in [2.05, 4.69) is 4.90 Å². The van der Waals surface area contributed by atoms with Crippen LogP contribution in [-0.2, 0) is 0 Å². The van der Waals surface area contributed by atoms with Gasteiger partial charge >= 0.3 is 0 Å². The van der Waals surface area contributed by atoms with Crippen LogP contribution in [0.4, 0.5) is 0 Å². The second kappa shape index (κ2) is 9.78. The molecule has 0 radical (unpaired) electrons. The van der Waals surface area contributed by atoms with Crippen molar-refractivity contribution in [1.29, 1.82) is 0 Å². The molecule has 0 aromatic carbocycles. The lowest BCUT2D eigenvalue weighted by Gasteiger charge is -2.41. The number of aliphatic hydroxyl groups excluding tert-OH is 1. The summed E-state index contributed by atoms with van der Waals surface area (Å²) in [6.45, 7) is 1.69. The van der Waals surface area contributed by atoms with E-state index in [9.17, 15) is 0 Å². The highest BCUT2D eigenvalue weighted by molar-refractivity contribution is 4.83. The molecule has 0 spiro atoms. The normalized spacial score (nSPS) is 22.5. The van der Waals surface area contributed by atoms with Crippen LogP contribution in [0.3, 0.4) is 0 Å². The van der Waals surface area contributed by atoms with Crippen molar-refractivity contribution in [1.82, 2.24) is 4.90 Å². The van der Waals surface area contributed by atoms with E-state index >= 15 is 0 Å². The van der Waals surface area contributed by atoms with E-state index in [4.69, 9.17) is 5.11 Å². The Labute approximate surface area is 125 Å². The maximum Gasteiger partial charge on any atom is 0.0431 e. The van der Waals surface area contributed by atoms with E-state index in [0.29, 0.717) is 6.61 Å². The van der Waals surface area contributed by atoms with Gasteiger partial charge in [0.2, 0.25) is 0 Å². The number of hydrogen-bond acceptors (Lipinski definition) is 2. The first-order chi connectivity index (χ1) is 9.92. The summed E-state index contributed by atoms with van der Waals surface area (Å²) in [5.41, 5.74) is 0. The Kier molecular flexibility index (Phi) is 7.97. The fourth-order valence-electron chi connectivity index (χ4n) is 4.25. The van der Waals surface area contributed by atoms with Crippen molar-refractivity contribution in [3.05, 3.63) is 0 Å². The second-order valence-electron chi connectivity index (χ2n) is 6.96. The summed E-state index contributed by atoms with van der Waals surface area (Å²) in [5.74, 6) is 0. The summed E-state index contributed by atoms with van der Waals surface area (Å²) < 4.78 is 0. The maximum absolute atomic E-state index is 8.87. The third kappa shape index (κ3) is 5.37. The van der Waals surface area contributed by atoms with Gasteiger partial charge < -0.3 is 5.11 Å². The van der Waals surface area contributed by atoms with E-state index in [1.165, 1.54) is 90.0 Å². The lowest BCUT2D eigenvalue weighted by Crippen LogP contribution is -2.45. The highest BCUT2D eigenvalue weighted by atomic mass is 16.2. The van der Waals surface area contributed by atoms with Crippen molar-refractivity contribution in [3.63, 3.8) is 0 Å². The van der Waals surface area contributed by atoms with E-state index < -0.39 is 0 Å². The van der Waals surface area contributed by atoms with Crippen molar-refractivity contribution in [3.8, 4) is 0 Å². The highest BCUT2D eigenvalue weighted by Crippen LogP contribution is 2.30. The Morgan fingerprint density at radius 3 is 1.65 bits per heavy atom. The van der Waals surface area contributed by atoms with Crippen LogP contribution in [0.15, 0.2) is 0 Å². The average molecular weight is 281 g/mol. The Balaban J connectivity index is 1.78. The van der Waals surface area contributed by atoms with Gasteiger partial charge in [-0.15, -0.1) is 0 Å². The Morgan fingerprint density at radius 1 is 0.650 bits per heavy atom. The molecule has 2 nitrogen and oxygen atoms in total. The minimum atomic E-state index is 0.370. The molecule has 2 heteroatoms. The van der Waals surface area contributed by atoms with E-state index in [-0.39, 0.29) is 0 Å². The molecular formula is C18H35NO. The Morgan fingerprint density at radius 2 is 1.15 bits per heavy atom. The first-order valence-electron chi connectivity index (χ1n) is 9.28. The van der Waals surface area contributed by atoms with Crippen LogP contribution in [0, 0.1) is 0 Å². The van der Waals surface area contributed by atoms with Gasteiger partial charge in [0.1, 0.15) is 0 Å². The predicted octanol–water partition coefficient (Wildman–Crippen LogP) is 4.51. The number of hydrogen-bond donors (Lipinski definition) is 1. The van der Waals surface area contributed by atoms with Crippen LogP contribution in [-0.4, -0.2) is 35.2 Å². The molecule has 0 saturated heterocycles. The first-order valence-corrected chi connectivity index (χ1v) is 9.28. The molecule has 2 fully saturated rings. The molecule has 2 saturated carbocycles. The second-order valence-corrected chi connectivity index (χ2v) is 6.96. The average Bonchev–Trinajstić information content (AvgIpc) is 2.53. The molecule has 0 aromatic rings. The molecule has 1 N–H and O–H groups in total. The molecule has 118 valence electrons. The molecule has 20 heavy (non-hydrogen) atoms. The van der Waals surface area contributed by atoms with Gasteiger partial charge in [-0.1, -0.05) is 51.4 Å². The van der Waals surface area contributed by atoms with Crippen LogP contribution >= 0.6 is 0 Å². The fraction of sp³-hybridized carbons (Fsp3) is 1.00. The Bertz CT molecular complexity index is 214. The van der Waals surface area contributed by atoms with Gasteiger partial charge in [-0.3, -0.25) is 4.90 Å². The van der Waals surface area contributed by atoms with Crippen molar-refractivity contribution in [2.75, 3.05) is 13.2 Å². The summed E-state index contributed by atoms with van der Waals surface area (Å²) in [5, 5.41) is 8.87. The summed E-state index contributed by atoms with van der Waals surface area (Å²) in [7, 11) is 0. The lowest BCUT2D eigenvalue weighted by molar-refractivity contribution is 0.0787. The summed E-state index contributed by atoms with van der Waals surface area (Å²) in [6.07, 6.45) is 19.4. The predicted molar refractivity (Wildman–Crippen MR) is 86.0 cm³/mol. The van der Waals surface area contributed by atoms with Crippen molar-refractivity contribution >= 4 is 0 Å². The van der Waals surface area contributed by atoms with Gasteiger partial charge in [-0.25, -0.2) is 0 Å². The largest absolute Gasteiger partial charge is 0.396 e. The van der Waals surface area contributed by atoms with Crippen molar-refractivity contribution in [2.24, 2.45) is 0 Å². The van der Waals surface area contributed by atoms with Gasteiger partial charge in [0.15, 0.2) is 0 Å². The summed E-state index contributed by atoms with van der Waals surface area (Å²) >= 11 is 0. The quantitative estimate of drug-likeness (QED) is 0.662. The summed E-state index contributed by atoms with van der Waals surface area (Å²) in [6, 6.07) is 1.79. The highest BCUT2D eigenvalue weighted by Gasteiger charge is 2.28. The minimum Gasteiger partial charge on any atom is -0.396 e. The maximum atomic E-state index is 8.87. The molecular weight excluding hydrogens is 246 g/mol. The van der Waals surface area contributed by atoms with Crippen molar-refractivity contribution in [2.45, 2.75) is 102 Å². The van der Waals surface area contributed by atoms with Gasteiger partial charge in [-0.05, 0) is 45.1 Å². The molecule has 0 heterocycles. The zero-order valence-corrected chi connectivity index (χ0v) is 13.4. The lowest BCUT2D eigenvalue weighted by atomic mass is 9.88. The third-order valence-corrected chi connectivity index (χ3v) is 5.41. The molecule has 2 aliphatic carbocycles. The molecule has 0 aliphatic heterocycles. The number of nitrogens with zero attached hydrogens (tertiary/aromatic N) is 1.